The molecule has 3 heteroatoms. The Balaban J connectivity index is 2.20. The monoisotopic (exact) mass is 207 g/mol. The van der Waals surface area contributed by atoms with Crippen LogP contribution >= 0.6 is 0 Å². The van der Waals surface area contributed by atoms with Gasteiger partial charge in [-0.3, -0.25) is 0 Å². The molecular formula is C12H14FNO. The summed E-state index contributed by atoms with van der Waals surface area (Å²) in [6.07, 6.45) is 1.89. The van der Waals surface area contributed by atoms with Crippen molar-refractivity contribution in [2.45, 2.75) is 12.3 Å². The van der Waals surface area contributed by atoms with Gasteiger partial charge in [-0.2, -0.15) is 0 Å². The fourth-order valence-electron chi connectivity index (χ4n) is 2.12. The number of halogens is 1. The lowest BCUT2D eigenvalue weighted by Crippen LogP contribution is -2.35. The summed E-state index contributed by atoms with van der Waals surface area (Å²) in [4.78, 5) is 10.9. The molecule has 80 valence electrons. The Morgan fingerprint density at radius 3 is 2.73 bits per heavy atom. The molecule has 0 spiro atoms. The standard InChI is InChI=1S/C12H14FNO/c13-11-3-1-9(2-4-11)12-7-14-6-5-10(12)8-15/h1-4,8,10,12,14H,5-7H2/t10-,12-/m0/s1. The molecule has 0 unspecified atom stereocenters. The molecule has 1 aliphatic rings. The lowest BCUT2D eigenvalue weighted by Gasteiger charge is -2.28. The summed E-state index contributed by atoms with van der Waals surface area (Å²) in [5.74, 6) is 0.0266. The van der Waals surface area contributed by atoms with Crippen molar-refractivity contribution in [1.29, 1.82) is 0 Å². The molecule has 15 heavy (non-hydrogen) atoms. The normalized spacial score (nSPS) is 26.2. The summed E-state index contributed by atoms with van der Waals surface area (Å²) in [6.45, 7) is 1.69. The van der Waals surface area contributed by atoms with Crippen molar-refractivity contribution < 1.29 is 9.18 Å². The Morgan fingerprint density at radius 1 is 1.33 bits per heavy atom. The van der Waals surface area contributed by atoms with Gasteiger partial charge in [0.2, 0.25) is 0 Å². The minimum atomic E-state index is -0.231. The van der Waals surface area contributed by atoms with Crippen LogP contribution in [0.4, 0.5) is 4.39 Å². The van der Waals surface area contributed by atoms with Crippen LogP contribution in [0.25, 0.3) is 0 Å². The molecule has 1 N–H and O–H groups in total. The number of carbonyl (C=O) groups is 1. The zero-order chi connectivity index (χ0) is 10.7. The van der Waals surface area contributed by atoms with E-state index >= 15 is 0 Å². The number of hydrogen-bond donors (Lipinski definition) is 1. The van der Waals surface area contributed by atoms with Crippen molar-refractivity contribution in [2.75, 3.05) is 13.1 Å². The molecule has 1 saturated heterocycles. The van der Waals surface area contributed by atoms with Gasteiger partial charge in [-0.05, 0) is 30.7 Å². The molecule has 0 bridgehead atoms. The second kappa shape index (κ2) is 4.53. The molecule has 1 heterocycles. The molecule has 0 saturated carbocycles. The van der Waals surface area contributed by atoms with E-state index in [1.165, 1.54) is 12.1 Å². The van der Waals surface area contributed by atoms with Gasteiger partial charge in [0.05, 0.1) is 0 Å². The highest BCUT2D eigenvalue weighted by Crippen LogP contribution is 2.27. The van der Waals surface area contributed by atoms with E-state index in [9.17, 15) is 9.18 Å². The number of hydrogen-bond acceptors (Lipinski definition) is 2. The van der Waals surface area contributed by atoms with Crippen molar-refractivity contribution in [3.63, 3.8) is 0 Å². The van der Waals surface area contributed by atoms with Crippen molar-refractivity contribution in [3.05, 3.63) is 35.6 Å². The van der Waals surface area contributed by atoms with Gasteiger partial charge in [0.15, 0.2) is 0 Å². The first-order chi connectivity index (χ1) is 7.31. The van der Waals surface area contributed by atoms with Crippen molar-refractivity contribution in [1.82, 2.24) is 5.32 Å². The molecule has 1 fully saturated rings. The van der Waals surface area contributed by atoms with Crippen molar-refractivity contribution >= 4 is 6.29 Å². The van der Waals surface area contributed by atoms with Crippen LogP contribution in [0.15, 0.2) is 24.3 Å². The lowest BCUT2D eigenvalue weighted by atomic mass is 9.82. The SMILES string of the molecule is O=C[C@@H]1CCNC[C@H]1c1ccc(F)cc1. The van der Waals surface area contributed by atoms with Crippen LogP contribution in [0.1, 0.15) is 17.9 Å². The molecule has 1 aromatic rings. The summed E-state index contributed by atoms with van der Waals surface area (Å²) in [7, 11) is 0. The predicted octanol–water partition coefficient (Wildman–Crippen LogP) is 1.72. The predicted molar refractivity (Wildman–Crippen MR) is 56.2 cm³/mol. The lowest BCUT2D eigenvalue weighted by molar-refractivity contribution is -0.112. The van der Waals surface area contributed by atoms with Crippen LogP contribution < -0.4 is 5.32 Å². The maximum atomic E-state index is 12.7. The first-order valence-electron chi connectivity index (χ1n) is 5.22. The molecule has 1 aromatic carbocycles. The van der Waals surface area contributed by atoms with Crippen molar-refractivity contribution in [2.24, 2.45) is 5.92 Å². The van der Waals surface area contributed by atoms with Gasteiger partial charge in [-0.25, -0.2) is 4.39 Å². The average molecular weight is 207 g/mol. The molecule has 0 amide bonds. The van der Waals surface area contributed by atoms with Crippen LogP contribution in [0.2, 0.25) is 0 Å². The fraction of sp³-hybridized carbons (Fsp3) is 0.417. The van der Waals surface area contributed by atoms with Crippen LogP contribution in [0.5, 0.6) is 0 Å². The van der Waals surface area contributed by atoms with Crippen LogP contribution in [0.3, 0.4) is 0 Å². The summed E-state index contributed by atoms with van der Waals surface area (Å²) >= 11 is 0. The number of benzene rings is 1. The first-order valence-corrected chi connectivity index (χ1v) is 5.22. The second-order valence-corrected chi connectivity index (χ2v) is 3.95. The summed E-state index contributed by atoms with van der Waals surface area (Å²) in [5.41, 5.74) is 1.04. The largest absolute Gasteiger partial charge is 0.316 e. The highest BCUT2D eigenvalue weighted by Gasteiger charge is 2.25. The van der Waals surface area contributed by atoms with Gasteiger partial charge in [0.25, 0.3) is 0 Å². The molecule has 2 nitrogen and oxygen atoms in total. The minimum Gasteiger partial charge on any atom is -0.316 e. The number of carbonyl (C=O) groups excluding carboxylic acids is 1. The first kappa shape index (κ1) is 10.3. The van der Waals surface area contributed by atoms with Gasteiger partial charge in [-0.1, -0.05) is 12.1 Å². The second-order valence-electron chi connectivity index (χ2n) is 3.95. The zero-order valence-corrected chi connectivity index (χ0v) is 8.45. The van der Waals surface area contributed by atoms with E-state index < -0.39 is 0 Å². The highest BCUT2D eigenvalue weighted by atomic mass is 19.1. The van der Waals surface area contributed by atoms with E-state index in [-0.39, 0.29) is 17.7 Å². The average Bonchev–Trinajstić information content (AvgIpc) is 2.30. The van der Waals surface area contributed by atoms with Crippen molar-refractivity contribution in [3.8, 4) is 0 Å². The third kappa shape index (κ3) is 2.23. The Kier molecular flexibility index (Phi) is 3.11. The third-order valence-corrected chi connectivity index (χ3v) is 3.01. The molecular weight excluding hydrogens is 193 g/mol. The number of rotatable bonds is 2. The molecule has 0 aliphatic carbocycles. The Bertz CT molecular complexity index is 336. The van der Waals surface area contributed by atoms with Gasteiger partial charge in [0.1, 0.15) is 12.1 Å². The topological polar surface area (TPSA) is 29.1 Å². The summed E-state index contributed by atoms with van der Waals surface area (Å²) in [5, 5.41) is 3.26. The van der Waals surface area contributed by atoms with Crippen LogP contribution in [-0.4, -0.2) is 19.4 Å². The van der Waals surface area contributed by atoms with Gasteiger partial charge < -0.3 is 10.1 Å². The number of aldehydes is 1. The fourth-order valence-corrected chi connectivity index (χ4v) is 2.12. The van der Waals surface area contributed by atoms with E-state index in [0.29, 0.717) is 0 Å². The van der Waals surface area contributed by atoms with Gasteiger partial charge in [-0.15, -0.1) is 0 Å². The molecule has 0 aromatic heterocycles. The summed E-state index contributed by atoms with van der Waals surface area (Å²) in [6, 6.07) is 6.44. The van der Waals surface area contributed by atoms with E-state index in [1.54, 1.807) is 12.1 Å². The smallest absolute Gasteiger partial charge is 0.123 e. The maximum absolute atomic E-state index is 12.7. The van der Waals surface area contributed by atoms with E-state index in [0.717, 1.165) is 31.4 Å². The molecule has 0 radical (unpaired) electrons. The molecule has 2 rings (SSSR count). The highest BCUT2D eigenvalue weighted by molar-refractivity contribution is 5.56. The summed E-state index contributed by atoms with van der Waals surface area (Å²) < 4.78 is 12.7. The Labute approximate surface area is 88.5 Å². The Morgan fingerprint density at radius 2 is 2.07 bits per heavy atom. The molecule has 1 aliphatic heterocycles. The maximum Gasteiger partial charge on any atom is 0.123 e. The third-order valence-electron chi connectivity index (χ3n) is 3.01. The quantitative estimate of drug-likeness (QED) is 0.748. The van der Waals surface area contributed by atoms with Gasteiger partial charge in [0, 0.05) is 18.4 Å². The minimum absolute atomic E-state index is 0.0664. The Hall–Kier alpha value is -1.22. The van der Waals surface area contributed by atoms with Crippen LogP contribution in [0, 0.1) is 11.7 Å². The van der Waals surface area contributed by atoms with E-state index in [4.69, 9.17) is 0 Å². The van der Waals surface area contributed by atoms with E-state index in [1.807, 2.05) is 0 Å². The zero-order valence-electron chi connectivity index (χ0n) is 8.45. The van der Waals surface area contributed by atoms with E-state index in [2.05, 4.69) is 5.32 Å². The van der Waals surface area contributed by atoms with Crippen LogP contribution in [-0.2, 0) is 4.79 Å². The number of piperidine rings is 1. The van der Waals surface area contributed by atoms with Gasteiger partial charge >= 0.3 is 0 Å². The molecule has 2 atom stereocenters. The number of nitrogens with one attached hydrogen (secondary N) is 1.